The summed E-state index contributed by atoms with van der Waals surface area (Å²) in [5.41, 5.74) is 0. The van der Waals surface area contributed by atoms with Crippen molar-refractivity contribution in [3.05, 3.63) is 0 Å². The summed E-state index contributed by atoms with van der Waals surface area (Å²) in [7, 11) is 0. The lowest BCUT2D eigenvalue weighted by atomic mass is 10.3. The molecule has 2 unspecified atom stereocenters. The molecule has 0 aromatic rings. The SMILES string of the molecule is CCCCOCC(C)OCC(C)OCCC(=O)O. The molecule has 0 spiro atoms. The van der Waals surface area contributed by atoms with E-state index in [1.54, 1.807) is 0 Å². The van der Waals surface area contributed by atoms with Crippen LogP contribution >= 0.6 is 0 Å². The van der Waals surface area contributed by atoms with Crippen molar-refractivity contribution in [2.24, 2.45) is 0 Å². The molecule has 0 aliphatic carbocycles. The Bertz CT molecular complexity index is 208. The molecule has 0 amide bonds. The van der Waals surface area contributed by atoms with Crippen molar-refractivity contribution in [2.45, 2.75) is 52.2 Å². The standard InChI is InChI=1S/C13H26O5/c1-4-5-7-16-9-11(2)18-10-12(3)17-8-6-13(14)15/h11-12H,4-10H2,1-3H3,(H,14,15). The van der Waals surface area contributed by atoms with Crippen LogP contribution in [0, 0.1) is 0 Å². The highest BCUT2D eigenvalue weighted by Crippen LogP contribution is 1.99. The van der Waals surface area contributed by atoms with Crippen molar-refractivity contribution in [2.75, 3.05) is 26.4 Å². The van der Waals surface area contributed by atoms with Gasteiger partial charge < -0.3 is 19.3 Å². The number of carbonyl (C=O) groups is 1. The van der Waals surface area contributed by atoms with Crippen molar-refractivity contribution >= 4 is 5.97 Å². The number of carboxylic acid groups (broad SMARTS) is 1. The van der Waals surface area contributed by atoms with E-state index in [1.165, 1.54) is 0 Å². The van der Waals surface area contributed by atoms with E-state index in [9.17, 15) is 4.79 Å². The summed E-state index contributed by atoms with van der Waals surface area (Å²) in [5, 5.41) is 8.46. The molecule has 0 saturated heterocycles. The molecule has 1 N–H and O–H groups in total. The van der Waals surface area contributed by atoms with Gasteiger partial charge in [-0.2, -0.15) is 0 Å². The maximum Gasteiger partial charge on any atom is 0.305 e. The van der Waals surface area contributed by atoms with Gasteiger partial charge in [-0.05, 0) is 20.3 Å². The minimum Gasteiger partial charge on any atom is -0.481 e. The van der Waals surface area contributed by atoms with Crippen LogP contribution in [0.2, 0.25) is 0 Å². The molecule has 0 bridgehead atoms. The van der Waals surface area contributed by atoms with Crippen LogP contribution < -0.4 is 0 Å². The maximum absolute atomic E-state index is 10.3. The van der Waals surface area contributed by atoms with Crippen molar-refractivity contribution in [3.63, 3.8) is 0 Å². The second-order valence-corrected chi connectivity index (χ2v) is 4.40. The van der Waals surface area contributed by atoms with E-state index in [-0.39, 0.29) is 25.2 Å². The third-order valence-electron chi connectivity index (χ3n) is 2.33. The van der Waals surface area contributed by atoms with Gasteiger partial charge in [0.25, 0.3) is 0 Å². The number of carboxylic acids is 1. The van der Waals surface area contributed by atoms with Gasteiger partial charge in [-0.15, -0.1) is 0 Å². The first-order valence-corrected chi connectivity index (χ1v) is 6.59. The Kier molecular flexibility index (Phi) is 11.0. The summed E-state index contributed by atoms with van der Waals surface area (Å²) in [6.45, 7) is 7.98. The molecule has 0 aromatic carbocycles. The van der Waals surface area contributed by atoms with Crippen LogP contribution in [0.15, 0.2) is 0 Å². The Hall–Kier alpha value is -0.650. The van der Waals surface area contributed by atoms with Gasteiger partial charge in [0.05, 0.1) is 38.4 Å². The number of hydrogen-bond donors (Lipinski definition) is 1. The minimum atomic E-state index is -0.846. The molecule has 2 atom stereocenters. The largest absolute Gasteiger partial charge is 0.481 e. The molecule has 5 heteroatoms. The molecule has 108 valence electrons. The first-order valence-electron chi connectivity index (χ1n) is 6.59. The molecule has 0 rings (SSSR count). The van der Waals surface area contributed by atoms with Crippen LogP contribution in [0.5, 0.6) is 0 Å². The Morgan fingerprint density at radius 2 is 1.78 bits per heavy atom. The van der Waals surface area contributed by atoms with Crippen LogP contribution in [-0.4, -0.2) is 49.7 Å². The first-order chi connectivity index (χ1) is 8.56. The zero-order valence-corrected chi connectivity index (χ0v) is 11.7. The molecule has 0 heterocycles. The lowest BCUT2D eigenvalue weighted by Crippen LogP contribution is -2.24. The molecule has 0 aliphatic heterocycles. The Morgan fingerprint density at radius 1 is 1.11 bits per heavy atom. The van der Waals surface area contributed by atoms with Crippen LogP contribution in [0.25, 0.3) is 0 Å². The van der Waals surface area contributed by atoms with Gasteiger partial charge in [-0.25, -0.2) is 0 Å². The normalized spacial score (nSPS) is 14.4. The monoisotopic (exact) mass is 262 g/mol. The van der Waals surface area contributed by atoms with Crippen LogP contribution in [-0.2, 0) is 19.0 Å². The van der Waals surface area contributed by atoms with Gasteiger partial charge in [0.1, 0.15) is 0 Å². The number of ether oxygens (including phenoxy) is 3. The van der Waals surface area contributed by atoms with E-state index in [2.05, 4.69) is 6.92 Å². The summed E-state index contributed by atoms with van der Waals surface area (Å²) in [5.74, 6) is -0.846. The average Bonchev–Trinajstić information content (AvgIpc) is 2.31. The van der Waals surface area contributed by atoms with Gasteiger partial charge in [-0.3, -0.25) is 4.79 Å². The highest BCUT2D eigenvalue weighted by molar-refractivity contribution is 5.66. The van der Waals surface area contributed by atoms with Gasteiger partial charge >= 0.3 is 5.97 Å². The fraction of sp³-hybridized carbons (Fsp3) is 0.923. The van der Waals surface area contributed by atoms with Crippen molar-refractivity contribution < 1.29 is 24.1 Å². The van der Waals surface area contributed by atoms with Crippen molar-refractivity contribution in [3.8, 4) is 0 Å². The third kappa shape index (κ3) is 11.8. The summed E-state index contributed by atoms with van der Waals surface area (Å²) >= 11 is 0. The Balaban J connectivity index is 3.40. The molecule has 0 saturated carbocycles. The predicted molar refractivity (Wildman–Crippen MR) is 68.8 cm³/mol. The van der Waals surface area contributed by atoms with Crippen LogP contribution in [0.1, 0.15) is 40.0 Å². The van der Waals surface area contributed by atoms with E-state index in [0.717, 1.165) is 19.4 Å². The summed E-state index contributed by atoms with van der Waals surface area (Å²) in [6.07, 6.45) is 2.17. The molecule has 0 radical (unpaired) electrons. The Morgan fingerprint density at radius 3 is 2.39 bits per heavy atom. The van der Waals surface area contributed by atoms with E-state index in [4.69, 9.17) is 19.3 Å². The fourth-order valence-electron chi connectivity index (χ4n) is 1.24. The second kappa shape index (κ2) is 11.4. The number of unbranched alkanes of at least 4 members (excludes halogenated alkanes) is 1. The third-order valence-corrected chi connectivity index (χ3v) is 2.33. The van der Waals surface area contributed by atoms with Gasteiger partial charge in [0.2, 0.25) is 0 Å². The topological polar surface area (TPSA) is 65.0 Å². The van der Waals surface area contributed by atoms with Gasteiger partial charge in [0.15, 0.2) is 0 Å². The molecule has 0 aromatic heterocycles. The number of rotatable bonds is 12. The zero-order valence-electron chi connectivity index (χ0n) is 11.7. The van der Waals surface area contributed by atoms with Crippen molar-refractivity contribution in [1.82, 2.24) is 0 Å². The highest BCUT2D eigenvalue weighted by Gasteiger charge is 2.08. The van der Waals surface area contributed by atoms with Gasteiger partial charge in [0, 0.05) is 6.61 Å². The fourth-order valence-corrected chi connectivity index (χ4v) is 1.24. The first kappa shape index (κ1) is 17.4. The van der Waals surface area contributed by atoms with Gasteiger partial charge in [-0.1, -0.05) is 13.3 Å². The lowest BCUT2D eigenvalue weighted by Gasteiger charge is -2.17. The highest BCUT2D eigenvalue weighted by atomic mass is 16.6. The zero-order chi connectivity index (χ0) is 13.8. The summed E-state index contributed by atoms with van der Waals surface area (Å²) < 4.78 is 16.3. The molecular weight excluding hydrogens is 236 g/mol. The molecule has 0 fully saturated rings. The quantitative estimate of drug-likeness (QED) is 0.546. The van der Waals surface area contributed by atoms with E-state index >= 15 is 0 Å². The minimum absolute atomic E-state index is 0.0278. The molecule has 18 heavy (non-hydrogen) atoms. The van der Waals surface area contributed by atoms with Crippen molar-refractivity contribution in [1.29, 1.82) is 0 Å². The smallest absolute Gasteiger partial charge is 0.305 e. The molecule has 0 aliphatic rings. The molecule has 5 nitrogen and oxygen atoms in total. The van der Waals surface area contributed by atoms with E-state index in [1.807, 2.05) is 13.8 Å². The molecular formula is C13H26O5. The number of aliphatic carboxylic acids is 1. The van der Waals surface area contributed by atoms with E-state index < -0.39 is 5.97 Å². The Labute approximate surface area is 109 Å². The number of hydrogen-bond acceptors (Lipinski definition) is 4. The maximum atomic E-state index is 10.3. The summed E-state index contributed by atoms with van der Waals surface area (Å²) in [4.78, 5) is 10.3. The second-order valence-electron chi connectivity index (χ2n) is 4.40. The average molecular weight is 262 g/mol. The van der Waals surface area contributed by atoms with Crippen LogP contribution in [0.3, 0.4) is 0 Å². The summed E-state index contributed by atoms with van der Waals surface area (Å²) in [6, 6.07) is 0. The lowest BCUT2D eigenvalue weighted by molar-refractivity contribution is -0.139. The van der Waals surface area contributed by atoms with Crippen LogP contribution in [0.4, 0.5) is 0 Å². The predicted octanol–water partition coefficient (Wildman–Crippen LogP) is 2.09. The van der Waals surface area contributed by atoms with E-state index in [0.29, 0.717) is 13.2 Å².